The fourth-order valence-corrected chi connectivity index (χ4v) is 1.82. The Kier molecular flexibility index (Phi) is 5.33. The molecule has 0 unspecified atom stereocenters. The number of carbonyl (C=O) groups excluding carboxylic acids is 1. The van der Waals surface area contributed by atoms with E-state index in [4.69, 9.17) is 0 Å². The van der Waals surface area contributed by atoms with Crippen LogP contribution in [0.15, 0.2) is 30.3 Å². The zero-order valence-electron chi connectivity index (χ0n) is 9.91. The quantitative estimate of drug-likeness (QED) is 0.414. The highest BCUT2D eigenvalue weighted by molar-refractivity contribution is 5.53. The van der Waals surface area contributed by atoms with E-state index in [-0.39, 0.29) is 23.3 Å². The molecule has 0 bridgehead atoms. The number of hydrogen-bond acceptors (Lipinski definition) is 3. The van der Waals surface area contributed by atoms with Gasteiger partial charge in [0.2, 0.25) is 6.54 Å². The van der Waals surface area contributed by atoms with E-state index in [9.17, 15) is 14.9 Å². The Morgan fingerprint density at radius 3 is 2.53 bits per heavy atom. The summed E-state index contributed by atoms with van der Waals surface area (Å²) in [5, 5.41) is 10.5. The Morgan fingerprint density at radius 1 is 1.35 bits per heavy atom. The SMILES string of the molecule is C[C@H](C=O)[C@@H](CCc1ccccc1)C[N+](=O)[O-]. The van der Waals surface area contributed by atoms with Gasteiger partial charge >= 0.3 is 0 Å². The van der Waals surface area contributed by atoms with Crippen molar-refractivity contribution in [1.82, 2.24) is 0 Å². The van der Waals surface area contributed by atoms with Gasteiger partial charge in [-0.15, -0.1) is 0 Å². The first-order valence-corrected chi connectivity index (χ1v) is 5.74. The fraction of sp³-hybridized carbons (Fsp3) is 0.462. The van der Waals surface area contributed by atoms with Gasteiger partial charge < -0.3 is 4.79 Å². The summed E-state index contributed by atoms with van der Waals surface area (Å²) in [6.45, 7) is 1.61. The molecule has 0 N–H and O–H groups in total. The monoisotopic (exact) mass is 235 g/mol. The first-order valence-electron chi connectivity index (χ1n) is 5.74. The van der Waals surface area contributed by atoms with Gasteiger partial charge in [0.25, 0.3) is 0 Å². The van der Waals surface area contributed by atoms with E-state index in [1.807, 2.05) is 30.3 Å². The van der Waals surface area contributed by atoms with Crippen LogP contribution in [0.2, 0.25) is 0 Å². The zero-order valence-corrected chi connectivity index (χ0v) is 9.91. The number of aldehydes is 1. The van der Waals surface area contributed by atoms with Gasteiger partial charge in [-0.2, -0.15) is 0 Å². The highest BCUT2D eigenvalue weighted by Crippen LogP contribution is 2.17. The van der Waals surface area contributed by atoms with Crippen molar-refractivity contribution in [1.29, 1.82) is 0 Å². The average Bonchev–Trinajstić information content (AvgIpc) is 2.34. The van der Waals surface area contributed by atoms with E-state index in [1.165, 1.54) is 0 Å². The van der Waals surface area contributed by atoms with Crippen LogP contribution in [-0.4, -0.2) is 17.8 Å². The molecule has 0 amide bonds. The molecule has 0 fully saturated rings. The van der Waals surface area contributed by atoms with Crippen molar-refractivity contribution < 1.29 is 9.72 Å². The molecule has 1 aromatic carbocycles. The molecule has 0 saturated carbocycles. The molecular formula is C13H17NO3. The van der Waals surface area contributed by atoms with Crippen LogP contribution in [0.1, 0.15) is 18.9 Å². The second kappa shape index (κ2) is 6.78. The number of nitrogens with zero attached hydrogens (tertiary/aromatic N) is 1. The summed E-state index contributed by atoms with van der Waals surface area (Å²) in [7, 11) is 0. The minimum Gasteiger partial charge on any atom is -0.303 e. The van der Waals surface area contributed by atoms with Gasteiger partial charge in [-0.1, -0.05) is 37.3 Å². The minimum atomic E-state index is -0.338. The van der Waals surface area contributed by atoms with Gasteiger partial charge in [0, 0.05) is 16.8 Å². The summed E-state index contributed by atoms with van der Waals surface area (Å²) in [5.74, 6) is -0.438. The van der Waals surface area contributed by atoms with E-state index in [0.29, 0.717) is 6.42 Å². The van der Waals surface area contributed by atoms with Crippen molar-refractivity contribution in [2.45, 2.75) is 19.8 Å². The minimum absolute atomic E-state index is 0.132. The van der Waals surface area contributed by atoms with E-state index < -0.39 is 0 Å². The highest BCUT2D eigenvalue weighted by Gasteiger charge is 2.21. The van der Waals surface area contributed by atoms with Gasteiger partial charge in [0.1, 0.15) is 6.29 Å². The van der Waals surface area contributed by atoms with Gasteiger partial charge in [-0.3, -0.25) is 10.1 Å². The molecule has 4 heteroatoms. The zero-order chi connectivity index (χ0) is 12.7. The molecule has 0 heterocycles. The second-order valence-electron chi connectivity index (χ2n) is 4.29. The van der Waals surface area contributed by atoms with Crippen molar-refractivity contribution in [2.75, 3.05) is 6.54 Å². The van der Waals surface area contributed by atoms with Crippen LogP contribution < -0.4 is 0 Å². The summed E-state index contributed by atoms with van der Waals surface area (Å²) in [6.07, 6.45) is 2.25. The Morgan fingerprint density at radius 2 is 2.00 bits per heavy atom. The molecule has 0 aliphatic heterocycles. The molecule has 1 rings (SSSR count). The third kappa shape index (κ3) is 4.76. The summed E-state index contributed by atoms with van der Waals surface area (Å²) in [4.78, 5) is 20.9. The molecule has 0 aliphatic rings. The van der Waals surface area contributed by atoms with E-state index >= 15 is 0 Å². The van der Waals surface area contributed by atoms with E-state index in [2.05, 4.69) is 0 Å². The third-order valence-electron chi connectivity index (χ3n) is 2.99. The number of nitro groups is 1. The smallest absolute Gasteiger partial charge is 0.207 e. The molecular weight excluding hydrogens is 218 g/mol. The summed E-state index contributed by atoms with van der Waals surface area (Å²) < 4.78 is 0. The maximum atomic E-state index is 10.7. The molecule has 0 radical (unpaired) electrons. The van der Waals surface area contributed by atoms with Gasteiger partial charge in [0.05, 0.1) is 0 Å². The normalized spacial score (nSPS) is 13.9. The van der Waals surface area contributed by atoms with Crippen LogP contribution in [0, 0.1) is 22.0 Å². The van der Waals surface area contributed by atoms with E-state index in [0.717, 1.165) is 18.3 Å². The third-order valence-corrected chi connectivity index (χ3v) is 2.99. The molecule has 0 aromatic heterocycles. The van der Waals surface area contributed by atoms with Gasteiger partial charge in [0.15, 0.2) is 0 Å². The van der Waals surface area contributed by atoms with Crippen LogP contribution in [0.3, 0.4) is 0 Å². The van der Waals surface area contributed by atoms with Crippen molar-refractivity contribution in [3.05, 3.63) is 46.0 Å². The number of hydrogen-bond donors (Lipinski definition) is 0. The lowest BCUT2D eigenvalue weighted by atomic mass is 9.89. The van der Waals surface area contributed by atoms with Crippen LogP contribution in [0.4, 0.5) is 0 Å². The van der Waals surface area contributed by atoms with Crippen molar-refractivity contribution >= 4 is 6.29 Å². The number of benzene rings is 1. The van der Waals surface area contributed by atoms with E-state index in [1.54, 1.807) is 6.92 Å². The van der Waals surface area contributed by atoms with Crippen molar-refractivity contribution in [3.63, 3.8) is 0 Å². The molecule has 2 atom stereocenters. The van der Waals surface area contributed by atoms with Gasteiger partial charge in [-0.25, -0.2) is 0 Å². The molecule has 0 aliphatic carbocycles. The standard InChI is InChI=1S/C13H17NO3/c1-11(10-15)13(9-14(16)17)8-7-12-5-3-2-4-6-12/h2-6,10-11,13H,7-9H2,1H3/t11-,13+/m1/s1. The molecule has 0 spiro atoms. The van der Waals surface area contributed by atoms with Crippen LogP contribution in [-0.2, 0) is 11.2 Å². The maximum Gasteiger partial charge on any atom is 0.207 e. The first kappa shape index (κ1) is 13.4. The maximum absolute atomic E-state index is 10.7. The fourth-order valence-electron chi connectivity index (χ4n) is 1.82. The lowest BCUT2D eigenvalue weighted by molar-refractivity contribution is -0.489. The Balaban J connectivity index is 2.54. The lowest BCUT2D eigenvalue weighted by Crippen LogP contribution is -2.22. The summed E-state index contributed by atoms with van der Waals surface area (Å²) >= 11 is 0. The van der Waals surface area contributed by atoms with Crippen LogP contribution >= 0.6 is 0 Å². The average molecular weight is 235 g/mol. The largest absolute Gasteiger partial charge is 0.303 e. The Hall–Kier alpha value is -1.71. The number of aryl methyl sites for hydroxylation is 1. The lowest BCUT2D eigenvalue weighted by Gasteiger charge is -2.15. The predicted molar refractivity (Wildman–Crippen MR) is 65.3 cm³/mol. The second-order valence-corrected chi connectivity index (χ2v) is 4.29. The number of rotatable bonds is 7. The number of carbonyl (C=O) groups is 1. The van der Waals surface area contributed by atoms with Crippen LogP contribution in [0.5, 0.6) is 0 Å². The molecule has 4 nitrogen and oxygen atoms in total. The first-order chi connectivity index (χ1) is 8.13. The van der Waals surface area contributed by atoms with Gasteiger partial charge in [-0.05, 0) is 18.4 Å². The van der Waals surface area contributed by atoms with Crippen LogP contribution in [0.25, 0.3) is 0 Å². The summed E-state index contributed by atoms with van der Waals surface area (Å²) in [5.41, 5.74) is 1.15. The Labute approximate surface area is 101 Å². The van der Waals surface area contributed by atoms with Crippen molar-refractivity contribution in [2.24, 2.45) is 11.8 Å². The molecule has 92 valence electrons. The Bertz CT molecular complexity index is 364. The predicted octanol–water partition coefficient (Wildman–Crippen LogP) is 2.35. The van der Waals surface area contributed by atoms with Crippen molar-refractivity contribution in [3.8, 4) is 0 Å². The topological polar surface area (TPSA) is 60.2 Å². The molecule has 17 heavy (non-hydrogen) atoms. The summed E-state index contributed by atoms with van der Waals surface area (Å²) in [6, 6.07) is 9.82. The molecule has 0 saturated heterocycles. The highest BCUT2D eigenvalue weighted by atomic mass is 16.6. The molecule has 1 aromatic rings.